The van der Waals surface area contributed by atoms with Gasteiger partial charge in [0.05, 0.1) is 0 Å². The van der Waals surface area contributed by atoms with E-state index in [9.17, 15) is 0 Å². The number of rotatable bonds is 0. The number of hydrogen-bond donors (Lipinski definition) is 0. The summed E-state index contributed by atoms with van der Waals surface area (Å²) in [6, 6.07) is 0. The molecule has 0 fully saturated rings. The summed E-state index contributed by atoms with van der Waals surface area (Å²) < 4.78 is 0. The predicted octanol–water partition coefficient (Wildman–Crippen LogP) is -0.0125. The largest absolute Gasteiger partial charge is 0 e. The Bertz CT molecular complexity index is 11.6. The molecule has 5 heavy (non-hydrogen) atoms. The third-order valence-electron chi connectivity index (χ3n) is 0. The molecule has 0 N–H and O–H groups in total. The molecule has 0 aliphatic carbocycles. The molecule has 0 saturated heterocycles. The van der Waals surface area contributed by atoms with Gasteiger partial charge in [-0.05, 0) is 0 Å². The van der Waals surface area contributed by atoms with Gasteiger partial charge in [-0.3, -0.25) is 0 Å². The monoisotopic (exact) mass is 405 g/mol. The molecule has 5 heteroatoms. The summed E-state index contributed by atoms with van der Waals surface area (Å²) in [5.41, 5.74) is 0. The van der Waals surface area contributed by atoms with Crippen molar-refractivity contribution in [2.24, 2.45) is 0 Å². The Kier molecular flexibility index (Phi) is 275. The molecule has 0 aliphatic rings. The van der Waals surface area contributed by atoms with E-state index in [2.05, 4.69) is 0 Å². The zero-order chi connectivity index (χ0) is 0. The van der Waals surface area contributed by atoms with Gasteiger partial charge in [0.1, 0.15) is 0 Å². The van der Waals surface area contributed by atoms with E-state index in [4.69, 9.17) is 0 Å². The Labute approximate surface area is 87.9 Å². The first kappa shape index (κ1) is 46.6. The van der Waals surface area contributed by atoms with Crippen molar-refractivity contribution in [3.8, 4) is 0 Å². The summed E-state index contributed by atoms with van der Waals surface area (Å²) in [5, 5.41) is 0. The molecule has 1 radical (unpaired) electrons. The van der Waals surface area contributed by atoms with Crippen LogP contribution in [0.4, 0.5) is 0 Å². The second kappa shape index (κ2) is 29.5. The Morgan fingerprint density at radius 3 is 1.00 bits per heavy atom. The van der Waals surface area contributed by atoms with Crippen LogP contribution in [-0.2, 0) is 89.1 Å². The first-order valence-corrected chi connectivity index (χ1v) is 0. The SMILES string of the molecule is [Cr].[Fe].[Mn].[Ni].[W]. The summed E-state index contributed by atoms with van der Waals surface area (Å²) in [6.07, 6.45) is 0. The van der Waals surface area contributed by atoms with Crippen molar-refractivity contribution < 1.29 is 89.1 Å². The van der Waals surface area contributed by atoms with Gasteiger partial charge in [-0.25, -0.2) is 0 Å². The normalized spacial score (nSPS) is 0. The van der Waals surface area contributed by atoms with Gasteiger partial charge in [0.25, 0.3) is 0 Å². The summed E-state index contributed by atoms with van der Waals surface area (Å²) in [4.78, 5) is 0. The van der Waals surface area contributed by atoms with Crippen molar-refractivity contribution in [1.29, 1.82) is 0 Å². The molecule has 0 bridgehead atoms. The Morgan fingerprint density at radius 2 is 1.00 bits per heavy atom. The van der Waals surface area contributed by atoms with Crippen LogP contribution in [0.3, 0.4) is 0 Å². The number of hydrogen-bond acceptors (Lipinski definition) is 0. The van der Waals surface area contributed by atoms with Crippen LogP contribution < -0.4 is 0 Å². The second-order valence-electron chi connectivity index (χ2n) is 0. The Morgan fingerprint density at radius 1 is 1.00 bits per heavy atom. The molecule has 0 nitrogen and oxygen atoms in total. The van der Waals surface area contributed by atoms with E-state index in [0.717, 1.165) is 0 Å². The molecule has 0 aliphatic heterocycles. The Hall–Kier alpha value is 2.75. The topological polar surface area (TPSA) is 0 Å². The third-order valence-corrected chi connectivity index (χ3v) is 0. The summed E-state index contributed by atoms with van der Waals surface area (Å²) in [7, 11) is 0. The fourth-order valence-corrected chi connectivity index (χ4v) is 0. The summed E-state index contributed by atoms with van der Waals surface area (Å²) >= 11 is 0. The van der Waals surface area contributed by atoms with Crippen LogP contribution in [0.2, 0.25) is 0 Å². The maximum Gasteiger partial charge on any atom is 0 e. The van der Waals surface area contributed by atoms with E-state index >= 15 is 0 Å². The van der Waals surface area contributed by atoms with Gasteiger partial charge in [-0.2, -0.15) is 0 Å². The fraction of sp³-hybridized carbons (Fsp3) is 0. The van der Waals surface area contributed by atoms with E-state index in [0.29, 0.717) is 0 Å². The minimum Gasteiger partial charge on any atom is 0 e. The molecule has 0 amide bonds. The molecular formula is CrFeMnNiW. The molecule has 0 heterocycles. The van der Waals surface area contributed by atoms with Crippen molar-refractivity contribution in [3.63, 3.8) is 0 Å². The summed E-state index contributed by atoms with van der Waals surface area (Å²) in [6.45, 7) is 0. The van der Waals surface area contributed by atoms with E-state index in [-0.39, 0.29) is 89.1 Å². The van der Waals surface area contributed by atoms with E-state index in [1.165, 1.54) is 0 Å². The zero-order valence-corrected chi connectivity index (χ0v) is 9.34. The first-order valence-electron chi connectivity index (χ1n) is 0. The molecule has 0 saturated carbocycles. The van der Waals surface area contributed by atoms with Crippen LogP contribution in [0.25, 0.3) is 0 Å². The van der Waals surface area contributed by atoms with Gasteiger partial charge < -0.3 is 0 Å². The van der Waals surface area contributed by atoms with Gasteiger partial charge in [0.2, 0.25) is 0 Å². The van der Waals surface area contributed by atoms with Crippen LogP contribution in [0.1, 0.15) is 0 Å². The molecule has 0 unspecified atom stereocenters. The fourth-order valence-electron chi connectivity index (χ4n) is 0. The van der Waals surface area contributed by atoms with E-state index < -0.39 is 0 Å². The van der Waals surface area contributed by atoms with E-state index in [1.54, 1.807) is 0 Å². The third kappa shape index (κ3) is 20.1. The predicted molar refractivity (Wildman–Crippen MR) is 0 cm³/mol. The van der Waals surface area contributed by atoms with Crippen LogP contribution >= 0.6 is 0 Å². The van der Waals surface area contributed by atoms with Gasteiger partial charge >= 0.3 is 0 Å². The van der Waals surface area contributed by atoms with Gasteiger partial charge in [0.15, 0.2) is 0 Å². The average molecular weight is 405 g/mol. The van der Waals surface area contributed by atoms with Crippen molar-refractivity contribution in [3.05, 3.63) is 0 Å². The molecule has 0 aromatic heterocycles. The van der Waals surface area contributed by atoms with Crippen LogP contribution in [-0.4, -0.2) is 0 Å². The van der Waals surface area contributed by atoms with Crippen molar-refractivity contribution in [1.82, 2.24) is 0 Å². The van der Waals surface area contributed by atoms with Gasteiger partial charge in [0, 0.05) is 89.1 Å². The maximum absolute atomic E-state index is 0. The molecule has 37 valence electrons. The van der Waals surface area contributed by atoms with Crippen LogP contribution in [0.5, 0.6) is 0 Å². The van der Waals surface area contributed by atoms with E-state index in [1.807, 2.05) is 0 Å². The molecule has 0 rings (SSSR count). The minimum absolute atomic E-state index is 0. The second-order valence-corrected chi connectivity index (χ2v) is 0. The first-order chi connectivity index (χ1) is 0. The Balaban J connectivity index is 0. The maximum atomic E-state index is 0. The molecule has 0 aromatic rings. The quantitative estimate of drug-likeness (QED) is 0.498. The molecule has 0 atom stereocenters. The standard InChI is InChI=1S/Cr.Fe.Mn.Ni.W. The van der Waals surface area contributed by atoms with Crippen molar-refractivity contribution >= 4 is 0 Å². The molecular weight excluding hydrogens is 405 g/mol. The molecule has 0 spiro atoms. The van der Waals surface area contributed by atoms with Crippen LogP contribution in [0.15, 0.2) is 0 Å². The van der Waals surface area contributed by atoms with Gasteiger partial charge in [-0.1, -0.05) is 0 Å². The zero-order valence-electron chi connectivity index (χ0n) is 1.86. The van der Waals surface area contributed by atoms with Crippen LogP contribution in [0, 0.1) is 0 Å². The van der Waals surface area contributed by atoms with Gasteiger partial charge in [-0.15, -0.1) is 0 Å². The smallest absolute Gasteiger partial charge is 0 e. The van der Waals surface area contributed by atoms with Crippen molar-refractivity contribution in [2.45, 2.75) is 0 Å². The molecule has 0 aromatic carbocycles. The summed E-state index contributed by atoms with van der Waals surface area (Å²) in [5.74, 6) is 0. The van der Waals surface area contributed by atoms with Crippen molar-refractivity contribution in [2.75, 3.05) is 0 Å². The minimum atomic E-state index is 0. The average Bonchev–Trinajstić information content (AvgIpc) is 0.